The molecule has 0 bridgehead atoms. The normalized spacial score (nSPS) is 15.3. The van der Waals surface area contributed by atoms with Crippen LogP contribution in [0.2, 0.25) is 0 Å². The van der Waals surface area contributed by atoms with E-state index in [4.69, 9.17) is 0 Å². The van der Waals surface area contributed by atoms with Gasteiger partial charge in [0.1, 0.15) is 11.9 Å². The summed E-state index contributed by atoms with van der Waals surface area (Å²) in [6.45, 7) is 4.09. The summed E-state index contributed by atoms with van der Waals surface area (Å²) in [7, 11) is -0.413. The van der Waals surface area contributed by atoms with E-state index in [-0.39, 0.29) is 4.90 Å². The highest BCUT2D eigenvalue weighted by Crippen LogP contribution is 2.45. The van der Waals surface area contributed by atoms with Crippen LogP contribution in [-0.4, -0.2) is 34.9 Å². The molecule has 0 fully saturated rings. The number of hydrogen-bond acceptors (Lipinski definition) is 2. The predicted octanol–water partition coefficient (Wildman–Crippen LogP) is 5.44. The van der Waals surface area contributed by atoms with Crippen molar-refractivity contribution in [3.63, 3.8) is 0 Å². The lowest BCUT2D eigenvalue weighted by molar-refractivity contribution is -0.401. The molecule has 0 aliphatic carbocycles. The molecule has 0 unspecified atom stereocenters. The Balaban J connectivity index is 2.04. The van der Waals surface area contributed by atoms with Gasteiger partial charge in [0.05, 0.1) is 11.1 Å². The molecule has 1 aromatic heterocycles. The van der Waals surface area contributed by atoms with Gasteiger partial charge in [-0.25, -0.2) is 0 Å². The molecule has 3 aromatic carbocycles. The van der Waals surface area contributed by atoms with Crippen molar-refractivity contribution in [3.05, 3.63) is 95.2 Å². The molecule has 6 heteroatoms. The van der Waals surface area contributed by atoms with E-state index in [1.165, 1.54) is 6.07 Å². The van der Waals surface area contributed by atoms with E-state index in [1.54, 1.807) is 12.1 Å². The maximum absolute atomic E-state index is 12.5. The number of benzene rings is 3. The molecule has 0 amide bonds. The third-order valence-electron chi connectivity index (χ3n) is 6.73. The minimum Gasteiger partial charge on any atom is -0.347 e. The molecule has 5 rings (SSSR count). The second-order valence-corrected chi connectivity index (χ2v) is 9.81. The molecule has 1 aliphatic rings. The van der Waals surface area contributed by atoms with Crippen molar-refractivity contribution in [2.24, 2.45) is 7.05 Å². The highest BCUT2D eigenvalue weighted by atomic mass is 32.2. The van der Waals surface area contributed by atoms with Gasteiger partial charge in [-0.15, -0.1) is 0 Å². The summed E-state index contributed by atoms with van der Waals surface area (Å²) in [5, 5.41) is 1.03. The molecular formula is C27H25N2O3S+. The van der Waals surface area contributed by atoms with Gasteiger partial charge in [0.2, 0.25) is 5.69 Å². The first-order valence-electron chi connectivity index (χ1n) is 10.7. The fourth-order valence-corrected chi connectivity index (χ4v) is 5.66. The van der Waals surface area contributed by atoms with Crippen LogP contribution in [0.15, 0.2) is 77.7 Å². The molecule has 1 N–H and O–H groups in total. The summed E-state index contributed by atoms with van der Waals surface area (Å²) in [5.74, 6) is 0. The van der Waals surface area contributed by atoms with Crippen LogP contribution in [0.4, 0.5) is 5.69 Å². The standard InChI is InChI=1S/C27H24N2O3S/c1-17-25(19-11-5-8-14-22(19)28(17)3)27(21-13-7-10-16-24(21)33(30,31)32)26-18(2)29(4)23-15-9-6-12-20(23)26/h5-16H,1-4H3/p+1. The first-order valence-corrected chi connectivity index (χ1v) is 12.2. The van der Waals surface area contributed by atoms with E-state index in [0.29, 0.717) is 5.56 Å². The number of fused-ring (bicyclic) bond motifs is 2. The Labute approximate surface area is 193 Å². The van der Waals surface area contributed by atoms with Gasteiger partial charge in [-0.1, -0.05) is 48.5 Å². The monoisotopic (exact) mass is 457 g/mol. The zero-order valence-electron chi connectivity index (χ0n) is 19.0. The minimum atomic E-state index is -4.45. The lowest BCUT2D eigenvalue weighted by Crippen LogP contribution is -2.09. The molecule has 0 spiro atoms. The molecule has 33 heavy (non-hydrogen) atoms. The topological polar surface area (TPSA) is 62.3 Å². The van der Waals surface area contributed by atoms with Crippen LogP contribution >= 0.6 is 0 Å². The summed E-state index contributed by atoms with van der Waals surface area (Å²) in [6, 6.07) is 22.9. The quantitative estimate of drug-likeness (QED) is 0.329. The lowest BCUT2D eigenvalue weighted by atomic mass is 9.87. The zero-order valence-corrected chi connectivity index (χ0v) is 19.8. The first kappa shape index (κ1) is 21.4. The number of para-hydroxylation sites is 2. The highest BCUT2D eigenvalue weighted by molar-refractivity contribution is 7.86. The van der Waals surface area contributed by atoms with Gasteiger partial charge in [-0.05, 0) is 25.1 Å². The number of nitrogens with zero attached hydrogens (tertiary/aromatic N) is 2. The average molecular weight is 458 g/mol. The van der Waals surface area contributed by atoms with Crippen LogP contribution in [0.3, 0.4) is 0 Å². The summed E-state index contributed by atoms with van der Waals surface area (Å²) in [4.78, 5) is -0.0975. The molecule has 166 valence electrons. The minimum absolute atomic E-state index is 0.0975. The van der Waals surface area contributed by atoms with Crippen LogP contribution in [0.25, 0.3) is 22.0 Å². The number of rotatable bonds is 3. The van der Waals surface area contributed by atoms with Crippen LogP contribution in [-0.2, 0) is 17.2 Å². The van der Waals surface area contributed by atoms with Gasteiger partial charge in [-0.2, -0.15) is 13.0 Å². The van der Waals surface area contributed by atoms with E-state index in [9.17, 15) is 13.0 Å². The number of aromatic nitrogens is 1. The predicted molar refractivity (Wildman–Crippen MR) is 133 cm³/mol. The van der Waals surface area contributed by atoms with E-state index in [1.807, 2.05) is 58.3 Å². The molecule has 1 aliphatic heterocycles. The van der Waals surface area contributed by atoms with Gasteiger partial charge >= 0.3 is 0 Å². The Hall–Kier alpha value is -3.48. The fraction of sp³-hybridized carbons (Fsp3) is 0.148. The van der Waals surface area contributed by atoms with Gasteiger partial charge in [-0.3, -0.25) is 4.55 Å². The molecule has 0 radical (unpaired) electrons. The summed E-state index contributed by atoms with van der Waals surface area (Å²) < 4.78 is 39.3. The summed E-state index contributed by atoms with van der Waals surface area (Å²) in [6.07, 6.45) is 0. The SMILES string of the molecule is CC1=[N+](C)c2ccccc2/C1=C(/c1ccccc1S(=O)(=O)O)c1c(C)n(C)c2ccccc12. The maximum Gasteiger partial charge on any atom is 0.295 e. The van der Waals surface area contributed by atoms with Crippen molar-refractivity contribution in [1.29, 1.82) is 0 Å². The van der Waals surface area contributed by atoms with E-state index in [2.05, 4.69) is 33.4 Å². The lowest BCUT2D eigenvalue weighted by Gasteiger charge is -2.16. The van der Waals surface area contributed by atoms with E-state index < -0.39 is 10.1 Å². The largest absolute Gasteiger partial charge is 0.347 e. The zero-order chi connectivity index (χ0) is 23.5. The second kappa shape index (κ2) is 7.54. The summed E-state index contributed by atoms with van der Waals surface area (Å²) in [5.41, 5.74) is 8.39. The van der Waals surface area contributed by atoms with Gasteiger partial charge < -0.3 is 4.57 Å². The average Bonchev–Trinajstić information content (AvgIpc) is 3.20. The molecule has 2 heterocycles. The maximum atomic E-state index is 12.5. The highest BCUT2D eigenvalue weighted by Gasteiger charge is 2.35. The smallest absolute Gasteiger partial charge is 0.295 e. The van der Waals surface area contributed by atoms with Crippen molar-refractivity contribution in [1.82, 2.24) is 4.57 Å². The van der Waals surface area contributed by atoms with Gasteiger partial charge in [0.25, 0.3) is 10.1 Å². The Morgan fingerprint density at radius 2 is 1.55 bits per heavy atom. The summed E-state index contributed by atoms with van der Waals surface area (Å²) >= 11 is 0. The van der Waals surface area contributed by atoms with E-state index >= 15 is 0 Å². The molecule has 4 aromatic rings. The van der Waals surface area contributed by atoms with Gasteiger partial charge in [0, 0.05) is 53.3 Å². The van der Waals surface area contributed by atoms with Crippen LogP contribution in [0, 0.1) is 6.92 Å². The van der Waals surface area contributed by atoms with Crippen molar-refractivity contribution in [3.8, 4) is 0 Å². The van der Waals surface area contributed by atoms with E-state index in [0.717, 1.165) is 50.3 Å². The van der Waals surface area contributed by atoms with Crippen LogP contribution in [0.1, 0.15) is 29.3 Å². The van der Waals surface area contributed by atoms with Crippen LogP contribution < -0.4 is 0 Å². The molecular weight excluding hydrogens is 432 g/mol. The van der Waals surface area contributed by atoms with Crippen molar-refractivity contribution >= 4 is 43.6 Å². The first-order chi connectivity index (χ1) is 15.7. The van der Waals surface area contributed by atoms with Crippen molar-refractivity contribution < 1.29 is 17.5 Å². The number of allylic oxidation sites excluding steroid dienone is 1. The third-order valence-corrected chi connectivity index (χ3v) is 7.65. The number of aryl methyl sites for hydroxylation is 1. The Kier molecular flexibility index (Phi) is 4.88. The molecule has 5 nitrogen and oxygen atoms in total. The van der Waals surface area contributed by atoms with Crippen molar-refractivity contribution in [2.75, 3.05) is 7.05 Å². The molecule has 0 atom stereocenters. The molecule has 0 saturated carbocycles. The molecule has 0 saturated heterocycles. The number of hydrogen-bond donors (Lipinski definition) is 1. The van der Waals surface area contributed by atoms with Crippen LogP contribution in [0.5, 0.6) is 0 Å². The Bertz CT molecular complexity index is 1620. The second-order valence-electron chi connectivity index (χ2n) is 8.42. The van der Waals surface area contributed by atoms with Gasteiger partial charge in [0.15, 0.2) is 5.71 Å². The fourth-order valence-electron chi connectivity index (χ4n) is 4.97. The Morgan fingerprint density at radius 3 is 2.30 bits per heavy atom. The third kappa shape index (κ3) is 3.17. The Morgan fingerprint density at radius 1 is 0.909 bits per heavy atom. The van der Waals surface area contributed by atoms with Crippen molar-refractivity contribution in [2.45, 2.75) is 18.7 Å².